The maximum Gasteiger partial charge on any atom is 0.203 e. The normalized spacial score (nSPS) is 11.4. The first-order valence-corrected chi connectivity index (χ1v) is 8.93. The number of thiophene rings is 1. The number of carbonyl (C=O) groups excluding carboxylic acids is 1. The average Bonchev–Trinajstić information content (AvgIpc) is 3.09. The molecule has 0 aliphatic carbocycles. The summed E-state index contributed by atoms with van der Waals surface area (Å²) in [5.41, 5.74) is 1.70. The van der Waals surface area contributed by atoms with Gasteiger partial charge in [0.05, 0.1) is 10.4 Å². The first-order chi connectivity index (χ1) is 12.3. The lowest BCUT2D eigenvalue weighted by atomic mass is 10.1. The van der Waals surface area contributed by atoms with E-state index in [0.717, 1.165) is 31.4 Å². The van der Waals surface area contributed by atoms with Gasteiger partial charge in [0.15, 0.2) is 0 Å². The second kappa shape index (κ2) is 5.50. The van der Waals surface area contributed by atoms with E-state index in [2.05, 4.69) is 30.3 Å². The van der Waals surface area contributed by atoms with Gasteiger partial charge in [-0.3, -0.25) is 4.79 Å². The highest BCUT2D eigenvalue weighted by atomic mass is 32.1. The van der Waals surface area contributed by atoms with Crippen LogP contribution in [-0.2, 0) is 0 Å². The van der Waals surface area contributed by atoms with Crippen LogP contribution in [0.25, 0.3) is 31.9 Å². The van der Waals surface area contributed by atoms with E-state index in [1.807, 2.05) is 48.5 Å². The number of aromatic nitrogens is 1. The third-order valence-electron chi connectivity index (χ3n) is 4.46. The van der Waals surface area contributed by atoms with Crippen LogP contribution in [-0.4, -0.2) is 10.8 Å². The summed E-state index contributed by atoms with van der Waals surface area (Å²) in [4.78, 5) is 19.2. The Balaban J connectivity index is 1.73. The number of fused-ring (bicyclic) bond motifs is 4. The van der Waals surface area contributed by atoms with Crippen molar-refractivity contribution in [2.75, 3.05) is 0 Å². The Morgan fingerprint density at radius 3 is 2.40 bits per heavy atom. The highest BCUT2D eigenvalue weighted by molar-refractivity contribution is 7.20. The van der Waals surface area contributed by atoms with Crippen LogP contribution in [0.4, 0.5) is 0 Å². The Bertz CT molecular complexity index is 1250. The van der Waals surface area contributed by atoms with Crippen LogP contribution in [0.2, 0.25) is 0 Å². The van der Waals surface area contributed by atoms with Crippen LogP contribution in [0.5, 0.6) is 0 Å². The molecule has 0 radical (unpaired) electrons. The maximum atomic E-state index is 12.7. The van der Waals surface area contributed by atoms with Crippen LogP contribution in [0.3, 0.4) is 0 Å². The predicted molar refractivity (Wildman–Crippen MR) is 105 cm³/mol. The number of hydrogen-bond acceptors (Lipinski definition) is 3. The zero-order valence-electron chi connectivity index (χ0n) is 13.3. The van der Waals surface area contributed by atoms with Gasteiger partial charge in [0.1, 0.15) is 4.83 Å². The molecule has 3 heteroatoms. The average molecular weight is 339 g/mol. The van der Waals surface area contributed by atoms with Crippen LogP contribution in [0.15, 0.2) is 78.9 Å². The number of hydrogen-bond donors (Lipinski definition) is 0. The smallest absolute Gasteiger partial charge is 0.203 e. The first-order valence-electron chi connectivity index (χ1n) is 8.11. The summed E-state index contributed by atoms with van der Waals surface area (Å²) in [5, 5.41) is 4.44. The number of pyridine rings is 1. The van der Waals surface area contributed by atoms with E-state index >= 15 is 0 Å². The lowest BCUT2D eigenvalue weighted by molar-refractivity contribution is 0.104. The quantitative estimate of drug-likeness (QED) is 0.299. The van der Waals surface area contributed by atoms with Crippen molar-refractivity contribution >= 4 is 49.0 Å². The van der Waals surface area contributed by atoms with Gasteiger partial charge in [-0.05, 0) is 17.5 Å². The van der Waals surface area contributed by atoms with Gasteiger partial charge in [-0.25, -0.2) is 4.98 Å². The van der Waals surface area contributed by atoms with E-state index < -0.39 is 0 Å². The minimum absolute atomic E-state index is 0.0533. The largest absolute Gasteiger partial charge is 0.288 e. The van der Waals surface area contributed by atoms with Crippen molar-refractivity contribution in [3.05, 3.63) is 89.3 Å². The molecule has 3 aromatic carbocycles. The van der Waals surface area contributed by atoms with Crippen molar-refractivity contribution in [2.45, 2.75) is 0 Å². The molecule has 0 atom stereocenters. The Morgan fingerprint density at radius 1 is 0.760 bits per heavy atom. The van der Waals surface area contributed by atoms with Crippen molar-refractivity contribution < 1.29 is 4.79 Å². The van der Waals surface area contributed by atoms with E-state index in [4.69, 9.17) is 4.98 Å². The second-order valence-corrected chi connectivity index (χ2v) is 7.08. The lowest BCUT2D eigenvalue weighted by Crippen LogP contribution is -1.97. The van der Waals surface area contributed by atoms with Crippen molar-refractivity contribution in [3.63, 3.8) is 0 Å². The van der Waals surface area contributed by atoms with Gasteiger partial charge in [-0.15, -0.1) is 11.3 Å². The molecular formula is C22H13NOS. The van der Waals surface area contributed by atoms with Crippen molar-refractivity contribution in [3.8, 4) is 0 Å². The SMILES string of the molecule is O=C(c1ccccc1)c1cc2cc3ccc4ccccc4c3nc2s1. The fourth-order valence-electron chi connectivity index (χ4n) is 3.21. The zero-order valence-corrected chi connectivity index (χ0v) is 14.1. The molecule has 0 saturated carbocycles. The number of carbonyl (C=O) groups is 1. The molecule has 0 saturated heterocycles. The molecule has 25 heavy (non-hydrogen) atoms. The van der Waals surface area contributed by atoms with Crippen molar-refractivity contribution in [1.29, 1.82) is 0 Å². The van der Waals surface area contributed by atoms with Crippen molar-refractivity contribution in [1.82, 2.24) is 4.98 Å². The van der Waals surface area contributed by atoms with Crippen LogP contribution in [0.1, 0.15) is 15.2 Å². The molecule has 0 N–H and O–H groups in total. The van der Waals surface area contributed by atoms with Gasteiger partial charge in [-0.2, -0.15) is 0 Å². The number of benzene rings is 3. The highest BCUT2D eigenvalue weighted by Crippen LogP contribution is 2.31. The Kier molecular flexibility index (Phi) is 3.15. The molecule has 0 aliphatic rings. The third kappa shape index (κ3) is 2.32. The van der Waals surface area contributed by atoms with Crippen LogP contribution < -0.4 is 0 Å². The molecule has 0 unspecified atom stereocenters. The van der Waals surface area contributed by atoms with Gasteiger partial charge in [0.25, 0.3) is 0 Å². The van der Waals surface area contributed by atoms with Gasteiger partial charge in [-0.1, -0.05) is 66.7 Å². The Hall–Kier alpha value is -3.04. The van der Waals surface area contributed by atoms with Crippen molar-refractivity contribution in [2.24, 2.45) is 0 Å². The minimum Gasteiger partial charge on any atom is -0.288 e. The Labute approximate surface area is 148 Å². The first kappa shape index (κ1) is 14.3. The van der Waals surface area contributed by atoms with Gasteiger partial charge < -0.3 is 0 Å². The molecule has 5 aromatic rings. The number of nitrogens with zero attached hydrogens (tertiary/aromatic N) is 1. The molecule has 0 bridgehead atoms. The molecule has 2 aromatic heterocycles. The second-order valence-electron chi connectivity index (χ2n) is 6.05. The van der Waals surface area contributed by atoms with Gasteiger partial charge in [0, 0.05) is 21.7 Å². The summed E-state index contributed by atoms with van der Waals surface area (Å²) in [6, 6.07) is 26.0. The summed E-state index contributed by atoms with van der Waals surface area (Å²) in [6.07, 6.45) is 0. The van der Waals surface area contributed by atoms with E-state index in [1.54, 1.807) is 0 Å². The summed E-state index contributed by atoms with van der Waals surface area (Å²) < 4.78 is 0. The third-order valence-corrected chi connectivity index (χ3v) is 5.50. The molecule has 0 amide bonds. The van der Waals surface area contributed by atoms with E-state index in [9.17, 15) is 4.79 Å². The molecule has 0 fully saturated rings. The topological polar surface area (TPSA) is 30.0 Å². The van der Waals surface area contributed by atoms with Gasteiger partial charge in [0.2, 0.25) is 5.78 Å². The Morgan fingerprint density at radius 2 is 1.52 bits per heavy atom. The zero-order chi connectivity index (χ0) is 16.8. The fraction of sp³-hybridized carbons (Fsp3) is 0. The molecule has 5 rings (SSSR count). The summed E-state index contributed by atoms with van der Waals surface area (Å²) in [6.45, 7) is 0. The summed E-state index contributed by atoms with van der Waals surface area (Å²) in [7, 11) is 0. The van der Waals surface area contributed by atoms with E-state index in [1.165, 1.54) is 16.7 Å². The summed E-state index contributed by atoms with van der Waals surface area (Å²) in [5.74, 6) is 0.0533. The fourth-order valence-corrected chi connectivity index (χ4v) is 4.19. The standard InChI is InChI=1S/C22H13NOS/c24-21(15-7-2-1-3-8-15)19-13-17-12-16-11-10-14-6-4-5-9-18(14)20(16)23-22(17)25-19/h1-13H. The molecule has 0 aliphatic heterocycles. The summed E-state index contributed by atoms with van der Waals surface area (Å²) >= 11 is 1.46. The lowest BCUT2D eigenvalue weighted by Gasteiger charge is -2.02. The molecular weight excluding hydrogens is 326 g/mol. The minimum atomic E-state index is 0.0533. The van der Waals surface area contributed by atoms with Crippen LogP contribution in [0, 0.1) is 0 Å². The monoisotopic (exact) mass is 339 g/mol. The van der Waals surface area contributed by atoms with E-state index in [-0.39, 0.29) is 5.78 Å². The highest BCUT2D eigenvalue weighted by Gasteiger charge is 2.14. The van der Waals surface area contributed by atoms with Crippen LogP contribution >= 0.6 is 11.3 Å². The number of rotatable bonds is 2. The number of ketones is 1. The molecule has 118 valence electrons. The molecule has 2 heterocycles. The predicted octanol–water partition coefficient (Wildman–Crippen LogP) is 5.83. The van der Waals surface area contributed by atoms with E-state index in [0.29, 0.717) is 5.56 Å². The molecule has 0 spiro atoms. The molecule has 2 nitrogen and oxygen atoms in total. The maximum absolute atomic E-state index is 12.7. The van der Waals surface area contributed by atoms with Gasteiger partial charge >= 0.3 is 0 Å².